The second-order valence-corrected chi connectivity index (χ2v) is 6.35. The van der Waals surface area contributed by atoms with Gasteiger partial charge in [-0.05, 0) is 26.8 Å². The lowest BCUT2D eigenvalue weighted by Gasteiger charge is -2.25. The molecule has 0 aliphatic heterocycles. The summed E-state index contributed by atoms with van der Waals surface area (Å²) < 4.78 is 24.8. The molecule has 0 atom stereocenters. The largest absolute Gasteiger partial charge is 0.368 e. The van der Waals surface area contributed by atoms with Crippen molar-refractivity contribution in [2.24, 2.45) is 0 Å². The smallest absolute Gasteiger partial charge is 0.209 e. The van der Waals surface area contributed by atoms with Crippen molar-refractivity contribution in [1.82, 2.24) is 14.7 Å². The van der Waals surface area contributed by atoms with Crippen LogP contribution in [0.1, 0.15) is 19.7 Å². The maximum absolute atomic E-state index is 11.1. The zero-order valence-corrected chi connectivity index (χ0v) is 11.3. The summed E-state index contributed by atoms with van der Waals surface area (Å²) in [5.74, 6) is 1.35. The first-order chi connectivity index (χ1) is 7.68. The van der Waals surface area contributed by atoms with Gasteiger partial charge in [-0.1, -0.05) is 0 Å². The average Bonchev–Trinajstić information content (AvgIpc) is 2.11. The first-order valence-electron chi connectivity index (χ1n) is 5.20. The lowest BCUT2D eigenvalue weighted by atomic mass is 10.1. The molecule has 0 radical (unpaired) electrons. The highest BCUT2D eigenvalue weighted by molar-refractivity contribution is 7.88. The maximum Gasteiger partial charge on any atom is 0.209 e. The van der Waals surface area contributed by atoms with Gasteiger partial charge in [-0.3, -0.25) is 0 Å². The number of anilines is 1. The Labute approximate surface area is 102 Å². The summed E-state index contributed by atoms with van der Waals surface area (Å²) in [6, 6.07) is 1.74. The molecule has 0 fully saturated rings. The monoisotopic (exact) mass is 258 g/mol. The van der Waals surface area contributed by atoms with Crippen molar-refractivity contribution in [3.63, 3.8) is 0 Å². The van der Waals surface area contributed by atoms with Crippen molar-refractivity contribution in [2.45, 2.75) is 26.3 Å². The van der Waals surface area contributed by atoms with Gasteiger partial charge in [0.2, 0.25) is 10.0 Å². The Hall–Kier alpha value is -1.21. The standard InChI is InChI=1S/C10H18N4O2S/c1-8-11-6-5-9(13-8)12-7-10(2,3)14-17(4,15)16/h5-6,14H,7H2,1-4H3,(H,11,12,13). The number of nitrogens with zero attached hydrogens (tertiary/aromatic N) is 2. The van der Waals surface area contributed by atoms with E-state index in [9.17, 15) is 8.42 Å². The highest BCUT2D eigenvalue weighted by Gasteiger charge is 2.21. The van der Waals surface area contributed by atoms with E-state index in [-0.39, 0.29) is 0 Å². The van der Waals surface area contributed by atoms with Crippen LogP contribution in [0.4, 0.5) is 5.82 Å². The fourth-order valence-electron chi connectivity index (χ4n) is 1.40. The third kappa shape index (κ3) is 5.60. The summed E-state index contributed by atoms with van der Waals surface area (Å²) in [5, 5.41) is 3.07. The molecule has 0 aliphatic rings. The van der Waals surface area contributed by atoms with Crippen molar-refractivity contribution in [2.75, 3.05) is 18.1 Å². The summed E-state index contributed by atoms with van der Waals surface area (Å²) in [7, 11) is -3.22. The number of sulfonamides is 1. The number of rotatable bonds is 5. The molecule has 7 heteroatoms. The summed E-state index contributed by atoms with van der Waals surface area (Å²) in [4.78, 5) is 8.15. The van der Waals surface area contributed by atoms with E-state index in [1.54, 1.807) is 33.0 Å². The number of hydrogen-bond acceptors (Lipinski definition) is 5. The maximum atomic E-state index is 11.1. The fourth-order valence-corrected chi connectivity index (χ4v) is 2.48. The minimum atomic E-state index is -3.22. The Morgan fingerprint density at radius 1 is 1.41 bits per heavy atom. The molecule has 0 unspecified atom stereocenters. The van der Waals surface area contributed by atoms with Gasteiger partial charge in [0.15, 0.2) is 0 Å². The van der Waals surface area contributed by atoms with Crippen LogP contribution in [0.25, 0.3) is 0 Å². The van der Waals surface area contributed by atoms with Crippen molar-refractivity contribution in [3.8, 4) is 0 Å². The topological polar surface area (TPSA) is 84.0 Å². The Morgan fingerprint density at radius 2 is 2.06 bits per heavy atom. The third-order valence-corrected chi connectivity index (χ3v) is 2.87. The SMILES string of the molecule is Cc1nccc(NCC(C)(C)NS(C)(=O)=O)n1. The number of aromatic nitrogens is 2. The van der Waals surface area contributed by atoms with Crippen LogP contribution in [0.15, 0.2) is 12.3 Å². The molecule has 2 N–H and O–H groups in total. The average molecular weight is 258 g/mol. The lowest BCUT2D eigenvalue weighted by Crippen LogP contribution is -2.47. The van der Waals surface area contributed by atoms with E-state index in [1.165, 1.54) is 0 Å². The normalized spacial score (nSPS) is 12.5. The Bertz CT molecular complexity index is 485. The zero-order valence-electron chi connectivity index (χ0n) is 10.5. The molecule has 17 heavy (non-hydrogen) atoms. The number of hydrogen-bond donors (Lipinski definition) is 2. The van der Waals surface area contributed by atoms with Crippen LogP contribution in [0.3, 0.4) is 0 Å². The highest BCUT2D eigenvalue weighted by atomic mass is 32.2. The van der Waals surface area contributed by atoms with Crippen LogP contribution in [0, 0.1) is 6.92 Å². The molecule has 0 spiro atoms. The van der Waals surface area contributed by atoms with Crippen molar-refractivity contribution in [1.29, 1.82) is 0 Å². The van der Waals surface area contributed by atoms with Gasteiger partial charge < -0.3 is 5.32 Å². The molecule has 6 nitrogen and oxygen atoms in total. The summed E-state index contributed by atoms with van der Waals surface area (Å²) in [6.07, 6.45) is 2.80. The van der Waals surface area contributed by atoms with Gasteiger partial charge in [0.25, 0.3) is 0 Å². The third-order valence-electron chi connectivity index (χ3n) is 1.95. The lowest BCUT2D eigenvalue weighted by molar-refractivity contribution is 0.476. The van der Waals surface area contributed by atoms with E-state index in [0.29, 0.717) is 18.2 Å². The van der Waals surface area contributed by atoms with E-state index in [2.05, 4.69) is 20.0 Å². The fraction of sp³-hybridized carbons (Fsp3) is 0.600. The predicted molar refractivity (Wildman–Crippen MR) is 67.3 cm³/mol. The molecular formula is C10H18N4O2S. The van der Waals surface area contributed by atoms with Gasteiger partial charge in [-0.2, -0.15) is 0 Å². The second-order valence-electron chi connectivity index (χ2n) is 4.60. The van der Waals surface area contributed by atoms with E-state index < -0.39 is 15.6 Å². The summed E-state index contributed by atoms with van der Waals surface area (Å²) >= 11 is 0. The minimum Gasteiger partial charge on any atom is -0.368 e. The molecule has 0 aromatic carbocycles. The molecule has 0 saturated carbocycles. The molecule has 0 saturated heterocycles. The van der Waals surface area contributed by atoms with Crippen molar-refractivity contribution < 1.29 is 8.42 Å². The molecule has 0 aliphatic carbocycles. The van der Waals surface area contributed by atoms with Gasteiger partial charge in [-0.25, -0.2) is 23.1 Å². The summed E-state index contributed by atoms with van der Waals surface area (Å²) in [6.45, 7) is 5.84. The Kier molecular flexibility index (Phi) is 4.05. The minimum absolute atomic E-state index is 0.441. The molecule has 0 bridgehead atoms. The zero-order chi connectivity index (χ0) is 13.1. The van der Waals surface area contributed by atoms with Crippen LogP contribution in [-0.2, 0) is 10.0 Å². The number of aryl methyl sites for hydroxylation is 1. The van der Waals surface area contributed by atoms with E-state index in [4.69, 9.17) is 0 Å². The van der Waals surface area contributed by atoms with Crippen LogP contribution in [0.2, 0.25) is 0 Å². The van der Waals surface area contributed by atoms with Crippen LogP contribution in [0.5, 0.6) is 0 Å². The molecular weight excluding hydrogens is 240 g/mol. The number of nitrogens with one attached hydrogen (secondary N) is 2. The first kappa shape index (κ1) is 13.9. The Morgan fingerprint density at radius 3 is 2.59 bits per heavy atom. The van der Waals surface area contributed by atoms with E-state index in [1.807, 2.05) is 0 Å². The molecule has 1 rings (SSSR count). The van der Waals surface area contributed by atoms with E-state index in [0.717, 1.165) is 6.26 Å². The van der Waals surface area contributed by atoms with Crippen molar-refractivity contribution >= 4 is 15.8 Å². The predicted octanol–water partition coefficient (Wildman–Crippen LogP) is 0.525. The van der Waals surface area contributed by atoms with Gasteiger partial charge in [0.1, 0.15) is 11.6 Å². The van der Waals surface area contributed by atoms with Crippen LogP contribution < -0.4 is 10.0 Å². The van der Waals surface area contributed by atoms with Gasteiger partial charge >= 0.3 is 0 Å². The Balaban J connectivity index is 2.61. The molecule has 1 aromatic rings. The van der Waals surface area contributed by atoms with Crippen molar-refractivity contribution in [3.05, 3.63) is 18.1 Å². The van der Waals surface area contributed by atoms with Gasteiger partial charge in [-0.15, -0.1) is 0 Å². The van der Waals surface area contributed by atoms with Crippen LogP contribution in [-0.4, -0.2) is 36.7 Å². The molecule has 96 valence electrons. The molecule has 1 aromatic heterocycles. The summed E-state index contributed by atoms with van der Waals surface area (Å²) in [5.41, 5.74) is -0.577. The quantitative estimate of drug-likeness (QED) is 0.804. The van der Waals surface area contributed by atoms with Gasteiger partial charge in [0.05, 0.1) is 6.26 Å². The first-order valence-corrected chi connectivity index (χ1v) is 7.10. The van der Waals surface area contributed by atoms with Crippen LogP contribution >= 0.6 is 0 Å². The van der Waals surface area contributed by atoms with Gasteiger partial charge in [0, 0.05) is 18.3 Å². The van der Waals surface area contributed by atoms with E-state index >= 15 is 0 Å². The highest BCUT2D eigenvalue weighted by Crippen LogP contribution is 2.07. The second kappa shape index (κ2) is 4.97. The molecule has 1 heterocycles. The molecule has 0 amide bonds.